The van der Waals surface area contributed by atoms with Crippen molar-refractivity contribution >= 4 is 10.8 Å². The molecule has 0 fully saturated rings. The molecule has 134 valence electrons. The highest BCUT2D eigenvalue weighted by Gasteiger charge is 2.21. The summed E-state index contributed by atoms with van der Waals surface area (Å²) in [6.07, 6.45) is 0.173. The monoisotopic (exact) mass is 358 g/mol. The van der Waals surface area contributed by atoms with Gasteiger partial charge in [0.2, 0.25) is 11.2 Å². The first kappa shape index (κ1) is 17.1. The molecule has 4 aromatic rings. The lowest BCUT2D eigenvalue weighted by Gasteiger charge is -2.15. The Morgan fingerprint density at radius 3 is 2.44 bits per heavy atom. The second kappa shape index (κ2) is 7.48. The molecule has 4 rings (SSSR count). The molecule has 0 amide bonds. The zero-order chi connectivity index (χ0) is 18.6. The molecule has 4 heteroatoms. The number of aliphatic hydroxyl groups is 1. The molecule has 4 nitrogen and oxygen atoms in total. The zero-order valence-electron chi connectivity index (χ0n) is 14.5. The molecule has 0 radical (unpaired) electrons. The van der Waals surface area contributed by atoms with Crippen LogP contribution in [0.1, 0.15) is 23.0 Å². The number of ether oxygens (including phenoxy) is 1. The van der Waals surface area contributed by atoms with Gasteiger partial charge in [-0.2, -0.15) is 0 Å². The normalized spacial score (nSPS) is 12.0. The highest BCUT2D eigenvalue weighted by molar-refractivity contribution is 5.83. The van der Waals surface area contributed by atoms with Crippen LogP contribution in [0.4, 0.5) is 0 Å². The van der Waals surface area contributed by atoms with E-state index in [9.17, 15) is 9.90 Å². The van der Waals surface area contributed by atoms with Crippen LogP contribution in [0, 0.1) is 0 Å². The van der Waals surface area contributed by atoms with E-state index in [1.54, 1.807) is 0 Å². The number of hydrogen-bond acceptors (Lipinski definition) is 4. The summed E-state index contributed by atoms with van der Waals surface area (Å²) in [5.41, 5.74) is 1.23. The molecule has 0 aliphatic heterocycles. The van der Waals surface area contributed by atoms with Crippen LogP contribution in [0.2, 0.25) is 0 Å². The zero-order valence-corrected chi connectivity index (χ0v) is 14.5. The van der Waals surface area contributed by atoms with Crippen molar-refractivity contribution < 1.29 is 14.3 Å². The second-order valence-corrected chi connectivity index (χ2v) is 6.26. The van der Waals surface area contributed by atoms with Crippen molar-refractivity contribution in [2.75, 3.05) is 0 Å². The van der Waals surface area contributed by atoms with Crippen LogP contribution >= 0.6 is 0 Å². The lowest BCUT2D eigenvalue weighted by atomic mass is 10.0. The van der Waals surface area contributed by atoms with Crippen molar-refractivity contribution in [3.05, 3.63) is 112 Å². The number of fused-ring (bicyclic) bond motifs is 1. The molecular formula is C23H18O4. The summed E-state index contributed by atoms with van der Waals surface area (Å²) in [5, 5.41) is 12.9. The van der Waals surface area contributed by atoms with Gasteiger partial charge < -0.3 is 14.3 Å². The number of hydrogen-bond donors (Lipinski definition) is 1. The standard InChI is InChI=1S/C23H18O4/c24-20-12-13-26-23(22(20)27-15-16-6-2-1-3-7-16)21(25)19-11-10-17-8-4-5-9-18(17)14-19/h1-14,21,25H,15H2. The molecule has 1 unspecified atom stereocenters. The predicted octanol–water partition coefficient (Wildman–Crippen LogP) is 4.45. The van der Waals surface area contributed by atoms with E-state index in [0.29, 0.717) is 5.56 Å². The van der Waals surface area contributed by atoms with E-state index in [4.69, 9.17) is 9.15 Å². The van der Waals surface area contributed by atoms with Gasteiger partial charge >= 0.3 is 0 Å². The van der Waals surface area contributed by atoms with Crippen LogP contribution in [0.5, 0.6) is 5.75 Å². The maximum Gasteiger partial charge on any atom is 0.227 e. The average Bonchev–Trinajstić information content (AvgIpc) is 2.72. The SMILES string of the molecule is O=c1ccoc(C(O)c2ccc3ccccc3c2)c1OCc1ccccc1. The van der Waals surface area contributed by atoms with Crippen LogP contribution in [-0.4, -0.2) is 5.11 Å². The molecule has 27 heavy (non-hydrogen) atoms. The van der Waals surface area contributed by atoms with Gasteiger partial charge in [0.25, 0.3) is 0 Å². The highest BCUT2D eigenvalue weighted by Crippen LogP contribution is 2.30. The van der Waals surface area contributed by atoms with Crippen molar-refractivity contribution in [2.24, 2.45) is 0 Å². The van der Waals surface area contributed by atoms with Gasteiger partial charge in [-0.1, -0.05) is 66.7 Å². The fourth-order valence-corrected chi connectivity index (χ4v) is 3.01. The van der Waals surface area contributed by atoms with Gasteiger partial charge in [-0.3, -0.25) is 4.79 Å². The summed E-state index contributed by atoms with van der Waals surface area (Å²) in [6.45, 7) is 0.215. The van der Waals surface area contributed by atoms with Gasteiger partial charge in [-0.15, -0.1) is 0 Å². The van der Waals surface area contributed by atoms with Gasteiger partial charge in [-0.25, -0.2) is 0 Å². The topological polar surface area (TPSA) is 59.7 Å². The quantitative estimate of drug-likeness (QED) is 0.572. The maximum absolute atomic E-state index is 12.3. The minimum absolute atomic E-state index is 0.0296. The summed E-state index contributed by atoms with van der Waals surface area (Å²) in [4.78, 5) is 12.3. The first-order valence-corrected chi connectivity index (χ1v) is 8.67. The Morgan fingerprint density at radius 2 is 1.63 bits per heavy atom. The largest absolute Gasteiger partial charge is 0.482 e. The molecule has 3 aromatic carbocycles. The van der Waals surface area contributed by atoms with Gasteiger partial charge in [-0.05, 0) is 28.0 Å². The van der Waals surface area contributed by atoms with E-state index in [-0.39, 0.29) is 23.5 Å². The molecular weight excluding hydrogens is 340 g/mol. The van der Waals surface area contributed by atoms with E-state index in [1.165, 1.54) is 12.3 Å². The third kappa shape index (κ3) is 3.61. The predicted molar refractivity (Wildman–Crippen MR) is 104 cm³/mol. The summed E-state index contributed by atoms with van der Waals surface area (Å²) >= 11 is 0. The second-order valence-electron chi connectivity index (χ2n) is 6.26. The van der Waals surface area contributed by atoms with Gasteiger partial charge in [0.05, 0.1) is 6.26 Å². The molecule has 1 aromatic heterocycles. The summed E-state index contributed by atoms with van der Waals surface area (Å²) < 4.78 is 11.2. The molecule has 0 saturated carbocycles. The maximum atomic E-state index is 12.3. The Labute approximate surface area is 156 Å². The molecule has 0 saturated heterocycles. The fourth-order valence-electron chi connectivity index (χ4n) is 3.01. The Kier molecular flexibility index (Phi) is 4.73. The molecule has 0 spiro atoms. The van der Waals surface area contributed by atoms with Crippen molar-refractivity contribution in [3.63, 3.8) is 0 Å². The lowest BCUT2D eigenvalue weighted by Crippen LogP contribution is -2.12. The smallest absolute Gasteiger partial charge is 0.227 e. The van der Waals surface area contributed by atoms with E-state index in [1.807, 2.05) is 72.8 Å². The van der Waals surface area contributed by atoms with E-state index in [0.717, 1.165) is 16.3 Å². The summed E-state index contributed by atoms with van der Waals surface area (Å²) in [6, 6.07) is 24.3. The van der Waals surface area contributed by atoms with Gasteiger partial charge in [0.15, 0.2) is 5.76 Å². The van der Waals surface area contributed by atoms with Crippen LogP contribution in [-0.2, 0) is 6.61 Å². The van der Waals surface area contributed by atoms with Gasteiger partial charge in [0.1, 0.15) is 12.7 Å². The Bertz CT molecular complexity index is 1120. The van der Waals surface area contributed by atoms with Crippen molar-refractivity contribution in [1.82, 2.24) is 0 Å². The molecule has 1 heterocycles. The van der Waals surface area contributed by atoms with Crippen molar-refractivity contribution in [3.8, 4) is 5.75 Å². The Hall–Kier alpha value is -3.37. The minimum Gasteiger partial charge on any atom is -0.482 e. The molecule has 0 aliphatic rings. The number of aliphatic hydroxyl groups excluding tert-OH is 1. The Morgan fingerprint density at radius 1 is 0.889 bits per heavy atom. The van der Waals surface area contributed by atoms with E-state index >= 15 is 0 Å². The molecule has 0 aliphatic carbocycles. The third-order valence-electron chi connectivity index (χ3n) is 4.43. The Balaban J connectivity index is 1.67. The average molecular weight is 358 g/mol. The summed E-state index contributed by atoms with van der Waals surface area (Å²) in [5.74, 6) is 0.135. The minimum atomic E-state index is -1.10. The van der Waals surface area contributed by atoms with Crippen LogP contribution in [0.3, 0.4) is 0 Å². The first-order chi connectivity index (χ1) is 13.2. The van der Waals surface area contributed by atoms with Crippen molar-refractivity contribution in [2.45, 2.75) is 12.7 Å². The van der Waals surface area contributed by atoms with Crippen LogP contribution in [0.25, 0.3) is 10.8 Å². The lowest BCUT2D eigenvalue weighted by molar-refractivity contribution is 0.171. The van der Waals surface area contributed by atoms with E-state index in [2.05, 4.69) is 0 Å². The third-order valence-corrected chi connectivity index (χ3v) is 4.43. The van der Waals surface area contributed by atoms with E-state index < -0.39 is 6.10 Å². The highest BCUT2D eigenvalue weighted by atomic mass is 16.5. The number of rotatable bonds is 5. The summed E-state index contributed by atoms with van der Waals surface area (Å²) in [7, 11) is 0. The van der Waals surface area contributed by atoms with Crippen LogP contribution in [0.15, 0.2) is 94.3 Å². The van der Waals surface area contributed by atoms with Gasteiger partial charge in [0, 0.05) is 6.07 Å². The molecule has 1 N–H and O–H groups in total. The first-order valence-electron chi connectivity index (χ1n) is 8.67. The molecule has 0 bridgehead atoms. The van der Waals surface area contributed by atoms with Crippen LogP contribution < -0.4 is 10.2 Å². The van der Waals surface area contributed by atoms with Crippen molar-refractivity contribution in [1.29, 1.82) is 0 Å². The number of benzene rings is 3. The fraction of sp³-hybridized carbons (Fsp3) is 0.0870. The molecule has 1 atom stereocenters.